The van der Waals surface area contributed by atoms with Crippen molar-refractivity contribution in [1.82, 2.24) is 4.98 Å². The highest BCUT2D eigenvalue weighted by Gasteiger charge is 2.17. The standard InChI is InChI=1S/C20H26N4O2/c1-20(2,3)23-15-8-9-17(21-14-15)19(25)22-16-6-4-5-7-18(16)24-10-12-26-13-11-24/h4-9,14,23H,10-13H2,1-3H3,(H,22,25). The van der Waals surface area contributed by atoms with Crippen molar-refractivity contribution in [2.45, 2.75) is 26.3 Å². The van der Waals surface area contributed by atoms with E-state index in [0.29, 0.717) is 18.9 Å². The van der Waals surface area contributed by atoms with Gasteiger partial charge in [-0.15, -0.1) is 0 Å². The molecule has 0 unspecified atom stereocenters. The first-order valence-electron chi connectivity index (χ1n) is 8.90. The van der Waals surface area contributed by atoms with E-state index in [1.807, 2.05) is 30.3 Å². The molecule has 3 rings (SSSR count). The van der Waals surface area contributed by atoms with E-state index < -0.39 is 0 Å². The maximum absolute atomic E-state index is 12.6. The molecule has 6 nitrogen and oxygen atoms in total. The van der Waals surface area contributed by atoms with Crippen LogP contribution >= 0.6 is 0 Å². The number of morpholine rings is 1. The number of carbonyl (C=O) groups excluding carboxylic acids is 1. The third-order valence-corrected chi connectivity index (χ3v) is 4.02. The maximum Gasteiger partial charge on any atom is 0.274 e. The number of hydrogen-bond acceptors (Lipinski definition) is 5. The molecule has 0 aliphatic carbocycles. The average Bonchev–Trinajstić information content (AvgIpc) is 2.62. The summed E-state index contributed by atoms with van der Waals surface area (Å²) in [5, 5.41) is 6.32. The lowest BCUT2D eigenvalue weighted by Crippen LogP contribution is -2.36. The molecule has 138 valence electrons. The Bertz CT molecular complexity index is 747. The number of aromatic nitrogens is 1. The number of hydrogen-bond donors (Lipinski definition) is 2. The van der Waals surface area contributed by atoms with Crippen LogP contribution in [0.3, 0.4) is 0 Å². The second kappa shape index (κ2) is 7.74. The number of ether oxygens (including phenoxy) is 1. The summed E-state index contributed by atoms with van der Waals surface area (Å²) >= 11 is 0. The topological polar surface area (TPSA) is 66.5 Å². The van der Waals surface area contributed by atoms with E-state index in [1.165, 1.54) is 0 Å². The highest BCUT2D eigenvalue weighted by Crippen LogP contribution is 2.26. The van der Waals surface area contributed by atoms with Crippen LogP contribution in [0.1, 0.15) is 31.3 Å². The predicted octanol–water partition coefficient (Wildman–Crippen LogP) is 3.38. The van der Waals surface area contributed by atoms with Gasteiger partial charge in [-0.25, -0.2) is 4.98 Å². The summed E-state index contributed by atoms with van der Waals surface area (Å²) in [6.07, 6.45) is 1.69. The molecule has 1 amide bonds. The van der Waals surface area contributed by atoms with Crippen molar-refractivity contribution in [2.24, 2.45) is 0 Å². The van der Waals surface area contributed by atoms with Crippen molar-refractivity contribution in [3.8, 4) is 0 Å². The zero-order valence-corrected chi connectivity index (χ0v) is 15.6. The zero-order chi connectivity index (χ0) is 18.6. The fraction of sp³-hybridized carbons (Fsp3) is 0.400. The third kappa shape index (κ3) is 4.73. The van der Waals surface area contributed by atoms with Crippen molar-refractivity contribution in [3.63, 3.8) is 0 Å². The molecule has 26 heavy (non-hydrogen) atoms. The molecule has 2 aromatic rings. The molecule has 6 heteroatoms. The van der Waals surface area contributed by atoms with Crippen LogP contribution in [0, 0.1) is 0 Å². The van der Waals surface area contributed by atoms with E-state index in [9.17, 15) is 4.79 Å². The average molecular weight is 354 g/mol. The zero-order valence-electron chi connectivity index (χ0n) is 15.6. The summed E-state index contributed by atoms with van der Waals surface area (Å²) < 4.78 is 5.41. The first-order valence-corrected chi connectivity index (χ1v) is 8.90. The van der Waals surface area contributed by atoms with Crippen molar-refractivity contribution >= 4 is 23.0 Å². The molecule has 2 heterocycles. The second-order valence-corrected chi connectivity index (χ2v) is 7.38. The van der Waals surface area contributed by atoms with E-state index >= 15 is 0 Å². The number of rotatable bonds is 4. The van der Waals surface area contributed by atoms with Gasteiger partial charge in [0.15, 0.2) is 0 Å². The SMILES string of the molecule is CC(C)(C)Nc1ccc(C(=O)Nc2ccccc2N2CCOCC2)nc1. The molecule has 1 aliphatic rings. The molecule has 0 saturated carbocycles. The quantitative estimate of drug-likeness (QED) is 0.881. The molecule has 0 atom stereocenters. The molecule has 2 N–H and O–H groups in total. The van der Waals surface area contributed by atoms with Gasteiger partial charge in [-0.1, -0.05) is 12.1 Å². The minimum Gasteiger partial charge on any atom is -0.379 e. The number of nitrogens with one attached hydrogen (secondary N) is 2. The Morgan fingerprint density at radius 2 is 1.85 bits per heavy atom. The van der Waals surface area contributed by atoms with E-state index in [-0.39, 0.29) is 11.4 Å². The molecule has 0 spiro atoms. The van der Waals surface area contributed by atoms with Gasteiger partial charge in [0.1, 0.15) is 5.69 Å². The van der Waals surface area contributed by atoms with Crippen molar-refractivity contribution in [1.29, 1.82) is 0 Å². The fourth-order valence-electron chi connectivity index (χ4n) is 2.88. The van der Waals surface area contributed by atoms with Gasteiger partial charge in [-0.3, -0.25) is 4.79 Å². The van der Waals surface area contributed by atoms with Gasteiger partial charge < -0.3 is 20.3 Å². The molecular formula is C20H26N4O2. The summed E-state index contributed by atoms with van der Waals surface area (Å²) in [6.45, 7) is 9.28. The lowest BCUT2D eigenvalue weighted by atomic mass is 10.1. The number of amides is 1. The molecule has 1 saturated heterocycles. The van der Waals surface area contributed by atoms with Crippen molar-refractivity contribution in [2.75, 3.05) is 41.8 Å². The van der Waals surface area contributed by atoms with Gasteiger partial charge in [-0.2, -0.15) is 0 Å². The monoisotopic (exact) mass is 354 g/mol. The minimum absolute atomic E-state index is 0.0530. The van der Waals surface area contributed by atoms with E-state index in [4.69, 9.17) is 4.74 Å². The lowest BCUT2D eigenvalue weighted by molar-refractivity contribution is 0.102. The molecule has 1 aliphatic heterocycles. The highest BCUT2D eigenvalue weighted by molar-refractivity contribution is 6.04. The van der Waals surface area contributed by atoms with Gasteiger partial charge in [-0.05, 0) is 45.0 Å². The summed E-state index contributed by atoms with van der Waals surface area (Å²) in [5.41, 5.74) is 3.03. The van der Waals surface area contributed by atoms with Crippen LogP contribution in [0.15, 0.2) is 42.6 Å². The Hall–Kier alpha value is -2.60. The summed E-state index contributed by atoms with van der Waals surface area (Å²) in [7, 11) is 0. The van der Waals surface area contributed by atoms with Crippen LogP contribution in [0.4, 0.5) is 17.1 Å². The van der Waals surface area contributed by atoms with Crippen LogP contribution in [-0.4, -0.2) is 42.7 Å². The number of anilines is 3. The summed E-state index contributed by atoms with van der Waals surface area (Å²) in [6, 6.07) is 11.4. The van der Waals surface area contributed by atoms with Crippen LogP contribution in [0.25, 0.3) is 0 Å². The Balaban J connectivity index is 1.72. The fourth-order valence-corrected chi connectivity index (χ4v) is 2.88. The van der Waals surface area contributed by atoms with Crippen LogP contribution in [0.2, 0.25) is 0 Å². The summed E-state index contributed by atoms with van der Waals surface area (Å²) in [5.74, 6) is -0.215. The summed E-state index contributed by atoms with van der Waals surface area (Å²) in [4.78, 5) is 19.1. The Morgan fingerprint density at radius 1 is 1.12 bits per heavy atom. The van der Waals surface area contributed by atoms with Crippen LogP contribution in [0.5, 0.6) is 0 Å². The Labute approximate surface area is 154 Å². The first-order chi connectivity index (χ1) is 12.4. The van der Waals surface area contributed by atoms with E-state index in [0.717, 1.165) is 30.2 Å². The van der Waals surface area contributed by atoms with Crippen LogP contribution < -0.4 is 15.5 Å². The number of pyridine rings is 1. The highest BCUT2D eigenvalue weighted by atomic mass is 16.5. The first kappa shape index (κ1) is 18.2. The molecule has 1 aromatic carbocycles. The predicted molar refractivity (Wildman–Crippen MR) is 105 cm³/mol. The number of nitrogens with zero attached hydrogens (tertiary/aromatic N) is 2. The van der Waals surface area contributed by atoms with Gasteiger partial charge in [0.2, 0.25) is 0 Å². The number of carbonyl (C=O) groups is 1. The lowest BCUT2D eigenvalue weighted by Gasteiger charge is -2.30. The molecule has 1 fully saturated rings. The minimum atomic E-state index is -0.215. The van der Waals surface area contributed by atoms with Gasteiger partial charge in [0.25, 0.3) is 5.91 Å². The van der Waals surface area contributed by atoms with E-state index in [2.05, 4.69) is 41.3 Å². The molecule has 0 bridgehead atoms. The Kier molecular flexibility index (Phi) is 5.42. The van der Waals surface area contributed by atoms with Crippen LogP contribution in [-0.2, 0) is 4.74 Å². The largest absolute Gasteiger partial charge is 0.379 e. The smallest absolute Gasteiger partial charge is 0.274 e. The van der Waals surface area contributed by atoms with Gasteiger partial charge in [0, 0.05) is 18.6 Å². The van der Waals surface area contributed by atoms with E-state index in [1.54, 1.807) is 12.3 Å². The van der Waals surface area contributed by atoms with Gasteiger partial charge in [0.05, 0.1) is 36.5 Å². The maximum atomic E-state index is 12.6. The molecular weight excluding hydrogens is 328 g/mol. The normalized spacial score (nSPS) is 14.8. The second-order valence-electron chi connectivity index (χ2n) is 7.38. The number of para-hydroxylation sites is 2. The Morgan fingerprint density at radius 3 is 2.50 bits per heavy atom. The molecule has 0 radical (unpaired) electrons. The molecule has 1 aromatic heterocycles. The van der Waals surface area contributed by atoms with Crippen molar-refractivity contribution < 1.29 is 9.53 Å². The van der Waals surface area contributed by atoms with Crippen molar-refractivity contribution in [3.05, 3.63) is 48.3 Å². The van der Waals surface area contributed by atoms with Gasteiger partial charge >= 0.3 is 0 Å². The third-order valence-electron chi connectivity index (χ3n) is 4.02. The number of benzene rings is 1.